The molecule has 8 heteroatoms. The third kappa shape index (κ3) is 4.20. The Kier molecular flexibility index (Phi) is 5.65. The van der Waals surface area contributed by atoms with E-state index in [9.17, 15) is 9.90 Å². The predicted molar refractivity (Wildman–Crippen MR) is 142 cm³/mol. The summed E-state index contributed by atoms with van der Waals surface area (Å²) in [5.41, 5.74) is 6.73. The van der Waals surface area contributed by atoms with Crippen LogP contribution in [0.25, 0.3) is 0 Å². The lowest BCUT2D eigenvalue weighted by molar-refractivity contribution is -0.138. The first-order valence-electron chi connectivity index (χ1n) is 12.5. The number of hydrogen-bond donors (Lipinski definition) is 2. The number of benzene rings is 2. The number of carboxylic acid groups (broad SMARTS) is 1. The molecule has 36 heavy (non-hydrogen) atoms. The molecule has 3 heterocycles. The molecule has 7 nitrogen and oxygen atoms in total. The van der Waals surface area contributed by atoms with Gasteiger partial charge in [-0.15, -0.1) is 0 Å². The van der Waals surface area contributed by atoms with Crippen molar-refractivity contribution in [2.24, 2.45) is 0 Å². The highest BCUT2D eigenvalue weighted by atomic mass is 35.5. The number of rotatable bonds is 6. The van der Waals surface area contributed by atoms with E-state index in [0.29, 0.717) is 29.3 Å². The van der Waals surface area contributed by atoms with Crippen LogP contribution in [-0.4, -0.2) is 46.1 Å². The van der Waals surface area contributed by atoms with Gasteiger partial charge in [0.05, 0.1) is 12.6 Å². The van der Waals surface area contributed by atoms with E-state index in [2.05, 4.69) is 34.4 Å². The van der Waals surface area contributed by atoms with Gasteiger partial charge in [-0.05, 0) is 72.7 Å². The molecule has 6 rings (SSSR count). The SMILES string of the molecule is CN1CCc2c(cc(Nc3ncc(Cl)c(N4CC(C)(CC(=O)O)c5ccccc54)n3)cc2C2CC2)C1. The molecule has 3 aliphatic rings. The highest BCUT2D eigenvalue weighted by Crippen LogP contribution is 2.47. The van der Waals surface area contributed by atoms with E-state index in [1.807, 2.05) is 36.1 Å². The van der Waals surface area contributed by atoms with Gasteiger partial charge in [0, 0.05) is 36.4 Å². The molecule has 2 aliphatic heterocycles. The third-order valence-corrected chi connectivity index (χ3v) is 7.98. The van der Waals surface area contributed by atoms with Crippen molar-refractivity contribution in [3.63, 3.8) is 0 Å². The van der Waals surface area contributed by atoms with Gasteiger partial charge in [-0.3, -0.25) is 4.79 Å². The zero-order valence-electron chi connectivity index (χ0n) is 20.6. The number of carboxylic acids is 1. The molecular weight excluding hydrogens is 474 g/mol. The molecule has 1 atom stereocenters. The fourth-order valence-electron chi connectivity index (χ4n) is 5.86. The van der Waals surface area contributed by atoms with E-state index in [1.54, 1.807) is 6.20 Å². The Labute approximate surface area is 216 Å². The van der Waals surface area contributed by atoms with Crippen LogP contribution in [0.4, 0.5) is 23.1 Å². The van der Waals surface area contributed by atoms with Crippen LogP contribution in [0.2, 0.25) is 5.02 Å². The van der Waals surface area contributed by atoms with Crippen molar-refractivity contribution in [2.75, 3.05) is 30.4 Å². The Bertz CT molecular complexity index is 1360. The topological polar surface area (TPSA) is 81.6 Å². The first-order chi connectivity index (χ1) is 17.3. The molecule has 0 bridgehead atoms. The predicted octanol–water partition coefficient (Wildman–Crippen LogP) is 5.62. The highest BCUT2D eigenvalue weighted by Gasteiger charge is 2.42. The number of aromatic nitrogens is 2. The van der Waals surface area contributed by atoms with Crippen molar-refractivity contribution in [3.8, 4) is 0 Å². The summed E-state index contributed by atoms with van der Waals surface area (Å²) in [5, 5.41) is 13.4. The number of nitrogens with zero attached hydrogens (tertiary/aromatic N) is 4. The van der Waals surface area contributed by atoms with E-state index < -0.39 is 11.4 Å². The summed E-state index contributed by atoms with van der Waals surface area (Å²) in [7, 11) is 2.17. The lowest BCUT2D eigenvalue weighted by atomic mass is 9.81. The lowest BCUT2D eigenvalue weighted by Gasteiger charge is -2.28. The quantitative estimate of drug-likeness (QED) is 0.451. The number of para-hydroxylation sites is 1. The normalized spacial score (nSPS) is 21.2. The first-order valence-corrected chi connectivity index (χ1v) is 12.9. The summed E-state index contributed by atoms with van der Waals surface area (Å²) in [6.45, 7) is 4.51. The van der Waals surface area contributed by atoms with Crippen molar-refractivity contribution in [1.82, 2.24) is 14.9 Å². The summed E-state index contributed by atoms with van der Waals surface area (Å²) < 4.78 is 0. The molecule has 0 radical (unpaired) electrons. The zero-order valence-corrected chi connectivity index (χ0v) is 21.3. The molecular formula is C28H30ClN5O2. The second-order valence-electron chi connectivity index (χ2n) is 10.7. The molecule has 1 saturated carbocycles. The third-order valence-electron chi connectivity index (χ3n) is 7.71. The van der Waals surface area contributed by atoms with Crippen LogP contribution in [0.1, 0.15) is 54.4 Å². The summed E-state index contributed by atoms with van der Waals surface area (Å²) in [5.74, 6) is 0.897. The van der Waals surface area contributed by atoms with Crippen LogP contribution >= 0.6 is 11.6 Å². The molecule has 2 N–H and O–H groups in total. The van der Waals surface area contributed by atoms with E-state index in [1.165, 1.54) is 29.5 Å². The van der Waals surface area contributed by atoms with Crippen LogP contribution in [0.3, 0.4) is 0 Å². The van der Waals surface area contributed by atoms with Crippen molar-refractivity contribution in [1.29, 1.82) is 0 Å². The van der Waals surface area contributed by atoms with Gasteiger partial charge in [0.25, 0.3) is 0 Å². The van der Waals surface area contributed by atoms with Gasteiger partial charge in [0.1, 0.15) is 5.02 Å². The number of carbonyl (C=O) groups is 1. The second kappa shape index (κ2) is 8.75. The van der Waals surface area contributed by atoms with E-state index >= 15 is 0 Å². The minimum atomic E-state index is -0.824. The number of aliphatic carboxylic acids is 1. The minimum Gasteiger partial charge on any atom is -0.481 e. The highest BCUT2D eigenvalue weighted by molar-refractivity contribution is 6.33. The second-order valence-corrected chi connectivity index (χ2v) is 11.1. The summed E-state index contributed by atoms with van der Waals surface area (Å²) in [6, 6.07) is 12.4. The maximum absolute atomic E-state index is 11.7. The molecule has 0 amide bonds. The van der Waals surface area contributed by atoms with Gasteiger partial charge in [-0.2, -0.15) is 4.98 Å². The van der Waals surface area contributed by atoms with Crippen molar-refractivity contribution in [2.45, 2.75) is 50.5 Å². The van der Waals surface area contributed by atoms with Crippen LogP contribution in [0.15, 0.2) is 42.6 Å². The van der Waals surface area contributed by atoms with Crippen LogP contribution < -0.4 is 10.2 Å². The van der Waals surface area contributed by atoms with E-state index in [0.717, 1.165) is 36.4 Å². The molecule has 2 aromatic carbocycles. The van der Waals surface area contributed by atoms with Gasteiger partial charge in [-0.1, -0.05) is 36.7 Å². The van der Waals surface area contributed by atoms with Gasteiger partial charge >= 0.3 is 5.97 Å². The molecule has 0 saturated heterocycles. The van der Waals surface area contributed by atoms with Crippen LogP contribution in [0.5, 0.6) is 0 Å². The van der Waals surface area contributed by atoms with Gasteiger partial charge in [-0.25, -0.2) is 4.98 Å². The lowest BCUT2D eigenvalue weighted by Crippen LogP contribution is -2.31. The molecule has 0 spiro atoms. The molecule has 1 aliphatic carbocycles. The Morgan fingerprint density at radius 1 is 1.28 bits per heavy atom. The molecule has 186 valence electrons. The number of halogens is 1. The number of hydrogen-bond acceptors (Lipinski definition) is 6. The average Bonchev–Trinajstić information content (AvgIpc) is 3.64. The Morgan fingerprint density at radius 3 is 2.86 bits per heavy atom. The smallest absolute Gasteiger partial charge is 0.304 e. The van der Waals surface area contributed by atoms with Gasteiger partial charge in [0.2, 0.25) is 5.95 Å². The fourth-order valence-corrected chi connectivity index (χ4v) is 6.05. The van der Waals surface area contributed by atoms with Crippen LogP contribution in [0, 0.1) is 0 Å². The first kappa shape index (κ1) is 23.3. The molecule has 1 unspecified atom stereocenters. The monoisotopic (exact) mass is 503 g/mol. The average molecular weight is 504 g/mol. The number of likely N-dealkylation sites (N-methyl/N-ethyl adjacent to an activating group) is 1. The molecule has 1 fully saturated rings. The van der Waals surface area contributed by atoms with Crippen molar-refractivity contribution < 1.29 is 9.90 Å². The fraction of sp³-hybridized carbons (Fsp3) is 0.393. The Hall–Kier alpha value is -3.16. The van der Waals surface area contributed by atoms with Crippen LogP contribution in [-0.2, 0) is 23.2 Å². The largest absolute Gasteiger partial charge is 0.481 e. The Morgan fingerprint density at radius 2 is 2.08 bits per heavy atom. The van der Waals surface area contributed by atoms with E-state index in [-0.39, 0.29) is 6.42 Å². The Balaban J connectivity index is 1.34. The molecule has 3 aromatic rings. The summed E-state index contributed by atoms with van der Waals surface area (Å²) >= 11 is 6.61. The van der Waals surface area contributed by atoms with Gasteiger partial charge in [0.15, 0.2) is 5.82 Å². The number of nitrogens with one attached hydrogen (secondary N) is 1. The maximum atomic E-state index is 11.7. The summed E-state index contributed by atoms with van der Waals surface area (Å²) in [4.78, 5) is 25.3. The maximum Gasteiger partial charge on any atom is 0.304 e. The number of fused-ring (bicyclic) bond motifs is 2. The standard InChI is InChI=1S/C28H30ClN5O2/c1-28(13-25(35)36)16-34(24-6-4-3-5-22(24)28)26-23(29)14-30-27(32-26)31-19-11-18-15-33(2)10-9-20(18)21(12-19)17-7-8-17/h3-6,11-12,14,17H,7-10,13,15-16H2,1-2H3,(H,35,36)(H,30,31,32). The zero-order chi connectivity index (χ0) is 25.0. The summed E-state index contributed by atoms with van der Waals surface area (Å²) in [6.07, 6.45) is 5.27. The van der Waals surface area contributed by atoms with Gasteiger partial charge < -0.3 is 20.2 Å². The van der Waals surface area contributed by atoms with Crippen molar-refractivity contribution in [3.05, 3.63) is 69.9 Å². The number of anilines is 4. The van der Waals surface area contributed by atoms with E-state index in [4.69, 9.17) is 16.6 Å². The molecule has 1 aromatic heterocycles. The van der Waals surface area contributed by atoms with Crippen molar-refractivity contribution >= 4 is 40.7 Å². The minimum absolute atomic E-state index is 0.0296.